The number of aldehydes is 1. The molecule has 0 aliphatic heterocycles. The Balaban J connectivity index is 1.69. The predicted molar refractivity (Wildman–Crippen MR) is 137 cm³/mol. The second kappa shape index (κ2) is 10.6. The number of hydrogen-bond acceptors (Lipinski definition) is 7. The van der Waals surface area contributed by atoms with Gasteiger partial charge in [-0.15, -0.1) is 11.3 Å². The Morgan fingerprint density at radius 2 is 1.94 bits per heavy atom. The largest absolute Gasteiger partial charge is 0.321 e. The molecule has 0 aliphatic carbocycles. The van der Waals surface area contributed by atoms with E-state index in [2.05, 4.69) is 26.3 Å². The highest BCUT2D eigenvalue weighted by Gasteiger charge is 2.20. The van der Waals surface area contributed by atoms with Gasteiger partial charge in [0.25, 0.3) is 5.91 Å². The van der Waals surface area contributed by atoms with Crippen LogP contribution in [0.3, 0.4) is 0 Å². The number of benzene rings is 2. The standard InChI is InChI=1S/C25H22F2N6O2S/c1-14-10-22(32-33(14)3)29-16(13-34)12-19(31-28-2)17-8-9-18(26)24(23(17)27)30-25(35)21-11-15-6-4-5-7-20(15)36-21/h4-13,28,31H,1-3H3,(H,30,35). The van der Waals surface area contributed by atoms with Crippen molar-refractivity contribution in [2.75, 3.05) is 12.4 Å². The Bertz CT molecular complexity index is 1470. The minimum absolute atomic E-state index is 0.0505. The molecule has 0 aliphatic rings. The number of nitrogens with one attached hydrogen (secondary N) is 3. The van der Waals surface area contributed by atoms with Gasteiger partial charge >= 0.3 is 0 Å². The highest BCUT2D eigenvalue weighted by Crippen LogP contribution is 2.29. The molecule has 36 heavy (non-hydrogen) atoms. The molecule has 0 unspecified atom stereocenters. The first-order chi connectivity index (χ1) is 17.3. The van der Waals surface area contributed by atoms with Gasteiger partial charge in [0.15, 0.2) is 17.9 Å². The number of aliphatic imine (C=N–C) groups is 1. The summed E-state index contributed by atoms with van der Waals surface area (Å²) in [6.07, 6.45) is 1.79. The van der Waals surface area contributed by atoms with Gasteiger partial charge in [-0.2, -0.15) is 5.10 Å². The van der Waals surface area contributed by atoms with Crippen LogP contribution in [0.25, 0.3) is 15.8 Å². The van der Waals surface area contributed by atoms with E-state index in [0.29, 0.717) is 17.0 Å². The zero-order chi connectivity index (χ0) is 25.8. The summed E-state index contributed by atoms with van der Waals surface area (Å²) >= 11 is 1.22. The average molecular weight is 509 g/mol. The molecule has 3 N–H and O–H groups in total. The molecule has 0 radical (unpaired) electrons. The van der Waals surface area contributed by atoms with Crippen molar-refractivity contribution in [1.82, 2.24) is 20.6 Å². The minimum atomic E-state index is -1.02. The Morgan fingerprint density at radius 1 is 1.17 bits per heavy atom. The fourth-order valence-corrected chi connectivity index (χ4v) is 4.39. The van der Waals surface area contributed by atoms with Crippen molar-refractivity contribution in [3.05, 3.63) is 82.4 Å². The number of hydrazine groups is 1. The van der Waals surface area contributed by atoms with E-state index in [1.807, 2.05) is 31.2 Å². The molecule has 0 saturated heterocycles. The van der Waals surface area contributed by atoms with Crippen LogP contribution in [0.15, 0.2) is 59.6 Å². The number of allylic oxidation sites excluding steroid dienone is 1. The van der Waals surface area contributed by atoms with Gasteiger partial charge in [-0.3, -0.25) is 14.3 Å². The second-order valence-electron chi connectivity index (χ2n) is 7.74. The molecular weight excluding hydrogens is 486 g/mol. The maximum atomic E-state index is 15.5. The van der Waals surface area contributed by atoms with Crippen molar-refractivity contribution in [3.63, 3.8) is 0 Å². The van der Waals surface area contributed by atoms with Crippen LogP contribution in [0.4, 0.5) is 20.3 Å². The number of carbonyl (C=O) groups excluding carboxylic acids is 2. The van der Waals surface area contributed by atoms with E-state index in [9.17, 15) is 14.0 Å². The molecular formula is C25H22F2N6O2S. The van der Waals surface area contributed by atoms with Gasteiger partial charge in [0.1, 0.15) is 17.2 Å². The molecule has 0 fully saturated rings. The van der Waals surface area contributed by atoms with E-state index < -0.39 is 23.2 Å². The summed E-state index contributed by atoms with van der Waals surface area (Å²) in [5.41, 5.74) is 5.56. The molecule has 11 heteroatoms. The van der Waals surface area contributed by atoms with Crippen molar-refractivity contribution in [1.29, 1.82) is 0 Å². The quantitative estimate of drug-likeness (QED) is 0.185. The van der Waals surface area contributed by atoms with E-state index in [0.717, 1.165) is 21.8 Å². The van der Waals surface area contributed by atoms with Crippen molar-refractivity contribution < 1.29 is 18.4 Å². The summed E-state index contributed by atoms with van der Waals surface area (Å²) < 4.78 is 32.6. The Hall–Kier alpha value is -4.22. The first-order valence-electron chi connectivity index (χ1n) is 10.8. The van der Waals surface area contributed by atoms with Gasteiger partial charge in [-0.25, -0.2) is 19.2 Å². The third kappa shape index (κ3) is 5.21. The first kappa shape index (κ1) is 24.9. The number of rotatable bonds is 8. The van der Waals surface area contributed by atoms with Crippen LogP contribution >= 0.6 is 11.3 Å². The number of amides is 1. The molecule has 0 saturated carbocycles. The van der Waals surface area contributed by atoms with Crippen LogP contribution in [-0.2, 0) is 11.8 Å². The van der Waals surface area contributed by atoms with Crippen LogP contribution in [0.1, 0.15) is 20.9 Å². The van der Waals surface area contributed by atoms with E-state index in [1.165, 1.54) is 23.5 Å². The molecule has 8 nitrogen and oxygen atoms in total. The lowest BCUT2D eigenvalue weighted by atomic mass is 10.1. The summed E-state index contributed by atoms with van der Waals surface area (Å²) in [6, 6.07) is 13.0. The molecule has 4 rings (SSSR count). The lowest BCUT2D eigenvalue weighted by molar-refractivity contribution is -0.102. The van der Waals surface area contributed by atoms with E-state index in [1.54, 1.807) is 30.9 Å². The van der Waals surface area contributed by atoms with Crippen LogP contribution in [0, 0.1) is 18.6 Å². The fraction of sp³-hybridized carbons (Fsp3) is 0.120. The molecule has 0 atom stereocenters. The van der Waals surface area contributed by atoms with Crippen molar-refractivity contribution in [3.8, 4) is 0 Å². The molecule has 4 aromatic rings. The third-order valence-corrected chi connectivity index (χ3v) is 6.40. The van der Waals surface area contributed by atoms with E-state index in [-0.39, 0.29) is 17.0 Å². The van der Waals surface area contributed by atoms with Gasteiger partial charge in [0.05, 0.1) is 10.6 Å². The molecule has 0 spiro atoms. The number of hydrogen-bond donors (Lipinski definition) is 3. The Kier molecular flexibility index (Phi) is 7.32. The summed E-state index contributed by atoms with van der Waals surface area (Å²) in [5.74, 6) is -2.30. The van der Waals surface area contributed by atoms with Crippen LogP contribution in [-0.4, -0.2) is 34.7 Å². The monoisotopic (exact) mass is 508 g/mol. The van der Waals surface area contributed by atoms with Crippen LogP contribution < -0.4 is 16.2 Å². The highest BCUT2D eigenvalue weighted by atomic mass is 32.1. The van der Waals surface area contributed by atoms with Gasteiger partial charge in [0, 0.05) is 36.1 Å². The summed E-state index contributed by atoms with van der Waals surface area (Å²) in [6.45, 7) is 1.83. The zero-order valence-electron chi connectivity index (χ0n) is 19.6. The number of aryl methyl sites for hydroxylation is 2. The van der Waals surface area contributed by atoms with E-state index >= 15 is 4.39 Å². The lowest BCUT2D eigenvalue weighted by Gasteiger charge is -2.14. The van der Waals surface area contributed by atoms with Crippen molar-refractivity contribution in [2.24, 2.45) is 12.0 Å². The molecule has 184 valence electrons. The highest BCUT2D eigenvalue weighted by molar-refractivity contribution is 7.20. The van der Waals surface area contributed by atoms with Gasteiger partial charge < -0.3 is 10.7 Å². The predicted octanol–water partition coefficient (Wildman–Crippen LogP) is 4.51. The summed E-state index contributed by atoms with van der Waals surface area (Å²) in [4.78, 5) is 29.0. The number of carbonyl (C=O) groups is 2. The maximum Gasteiger partial charge on any atom is 0.265 e. The number of halogens is 2. The van der Waals surface area contributed by atoms with Crippen LogP contribution in [0.5, 0.6) is 0 Å². The molecule has 2 aromatic carbocycles. The molecule has 1 amide bonds. The molecule has 0 bridgehead atoms. The normalized spacial score (nSPS) is 12.1. The summed E-state index contributed by atoms with van der Waals surface area (Å²) in [7, 11) is 3.28. The lowest BCUT2D eigenvalue weighted by Crippen LogP contribution is -2.27. The first-order valence-corrected chi connectivity index (χ1v) is 11.6. The SMILES string of the molecule is CNNC(=CC(C=O)=Nc1cc(C)n(C)n1)c1ccc(F)c(NC(=O)c2cc3ccccc3s2)c1F. The fourth-order valence-electron chi connectivity index (χ4n) is 3.43. The topological polar surface area (TPSA) is 100 Å². The number of aromatic nitrogens is 2. The van der Waals surface area contributed by atoms with Crippen LogP contribution in [0.2, 0.25) is 0 Å². The number of thiophene rings is 1. The third-order valence-electron chi connectivity index (χ3n) is 5.29. The maximum absolute atomic E-state index is 15.5. The average Bonchev–Trinajstić information content (AvgIpc) is 3.43. The Labute approximate surface area is 209 Å². The Morgan fingerprint density at radius 3 is 2.61 bits per heavy atom. The van der Waals surface area contributed by atoms with Crippen molar-refractivity contribution >= 4 is 56.5 Å². The van der Waals surface area contributed by atoms with Gasteiger partial charge in [0.2, 0.25) is 0 Å². The zero-order valence-corrected chi connectivity index (χ0v) is 20.4. The minimum Gasteiger partial charge on any atom is -0.321 e. The smallest absolute Gasteiger partial charge is 0.265 e. The number of nitrogens with zero attached hydrogens (tertiary/aromatic N) is 3. The molecule has 2 heterocycles. The van der Waals surface area contributed by atoms with Gasteiger partial charge in [-0.05, 0) is 42.7 Å². The van der Waals surface area contributed by atoms with E-state index in [4.69, 9.17) is 0 Å². The van der Waals surface area contributed by atoms with Gasteiger partial charge in [-0.1, -0.05) is 18.2 Å². The van der Waals surface area contributed by atoms with Crippen molar-refractivity contribution in [2.45, 2.75) is 6.92 Å². The number of fused-ring (bicyclic) bond motifs is 1. The second-order valence-corrected chi connectivity index (χ2v) is 8.83. The number of anilines is 1. The molecule has 2 aromatic heterocycles. The summed E-state index contributed by atoms with van der Waals surface area (Å²) in [5, 5.41) is 7.38.